The SMILES string of the molecule is COC(=O)[C@H](CNc1ccccc1)NS(=O)(=O)c1ccccc1. The largest absolute Gasteiger partial charge is 0.468 e. The molecular weight excluding hydrogens is 316 g/mol. The summed E-state index contributed by atoms with van der Waals surface area (Å²) in [6.07, 6.45) is 0. The maximum atomic E-state index is 12.3. The molecule has 122 valence electrons. The highest BCUT2D eigenvalue weighted by Crippen LogP contribution is 2.10. The summed E-state index contributed by atoms with van der Waals surface area (Å²) < 4.78 is 31.7. The number of ether oxygens (including phenoxy) is 1. The van der Waals surface area contributed by atoms with Crippen LogP contribution in [0.4, 0.5) is 5.69 Å². The zero-order valence-electron chi connectivity index (χ0n) is 12.6. The van der Waals surface area contributed by atoms with Crippen LogP contribution in [0.2, 0.25) is 0 Å². The second-order valence-corrected chi connectivity index (χ2v) is 6.47. The van der Waals surface area contributed by atoms with Gasteiger partial charge in [0.25, 0.3) is 0 Å². The number of anilines is 1. The van der Waals surface area contributed by atoms with E-state index in [1.54, 1.807) is 18.2 Å². The summed E-state index contributed by atoms with van der Waals surface area (Å²) in [5, 5.41) is 3.01. The second-order valence-electron chi connectivity index (χ2n) is 4.76. The summed E-state index contributed by atoms with van der Waals surface area (Å²) >= 11 is 0. The van der Waals surface area contributed by atoms with Crippen molar-refractivity contribution in [1.82, 2.24) is 4.72 Å². The summed E-state index contributed by atoms with van der Waals surface area (Å²) in [7, 11) is -2.59. The van der Waals surface area contributed by atoms with Gasteiger partial charge in [-0.25, -0.2) is 8.42 Å². The molecule has 0 bridgehead atoms. The standard InChI is InChI=1S/C16H18N2O4S/c1-22-16(19)15(12-17-13-8-4-2-5-9-13)18-23(20,21)14-10-6-3-7-11-14/h2-11,15,17-18H,12H2,1H3/t15-/m0/s1. The molecule has 0 radical (unpaired) electrons. The van der Waals surface area contributed by atoms with Gasteiger partial charge in [-0.05, 0) is 24.3 Å². The van der Waals surface area contributed by atoms with Gasteiger partial charge in [-0.1, -0.05) is 36.4 Å². The predicted octanol–water partition coefficient (Wildman–Crippen LogP) is 1.62. The minimum atomic E-state index is -3.81. The van der Waals surface area contributed by atoms with Gasteiger partial charge in [0.1, 0.15) is 6.04 Å². The Balaban J connectivity index is 2.11. The van der Waals surface area contributed by atoms with E-state index in [1.807, 2.05) is 30.3 Å². The van der Waals surface area contributed by atoms with Gasteiger partial charge in [-0.15, -0.1) is 0 Å². The molecule has 0 aliphatic carbocycles. The smallest absolute Gasteiger partial charge is 0.325 e. The van der Waals surface area contributed by atoms with Crippen LogP contribution >= 0.6 is 0 Å². The van der Waals surface area contributed by atoms with Gasteiger partial charge in [0.05, 0.1) is 12.0 Å². The van der Waals surface area contributed by atoms with Crippen LogP contribution in [-0.4, -0.2) is 34.1 Å². The Morgan fingerprint density at radius 3 is 2.17 bits per heavy atom. The average Bonchev–Trinajstić information content (AvgIpc) is 2.59. The number of methoxy groups -OCH3 is 1. The fourth-order valence-corrected chi connectivity index (χ4v) is 3.15. The number of hydrogen-bond donors (Lipinski definition) is 2. The van der Waals surface area contributed by atoms with E-state index in [0.29, 0.717) is 0 Å². The summed E-state index contributed by atoms with van der Waals surface area (Å²) in [4.78, 5) is 11.9. The van der Waals surface area contributed by atoms with E-state index in [4.69, 9.17) is 0 Å². The molecule has 0 aliphatic heterocycles. The molecule has 0 aromatic heterocycles. The molecule has 7 heteroatoms. The lowest BCUT2D eigenvalue weighted by Gasteiger charge is -2.18. The van der Waals surface area contributed by atoms with Crippen LogP contribution in [-0.2, 0) is 19.6 Å². The maximum absolute atomic E-state index is 12.3. The van der Waals surface area contributed by atoms with E-state index in [0.717, 1.165) is 5.69 Å². The lowest BCUT2D eigenvalue weighted by molar-refractivity contribution is -0.142. The molecule has 0 amide bonds. The molecule has 0 saturated carbocycles. The Kier molecular flexibility index (Phi) is 5.72. The molecule has 0 heterocycles. The molecule has 0 spiro atoms. The molecule has 0 fully saturated rings. The minimum absolute atomic E-state index is 0.0722. The first-order valence-electron chi connectivity index (χ1n) is 6.97. The van der Waals surface area contributed by atoms with E-state index in [-0.39, 0.29) is 11.4 Å². The van der Waals surface area contributed by atoms with Crippen LogP contribution in [0.3, 0.4) is 0 Å². The van der Waals surface area contributed by atoms with Gasteiger partial charge in [0, 0.05) is 12.2 Å². The molecule has 1 atom stereocenters. The van der Waals surface area contributed by atoms with Crippen molar-refractivity contribution < 1.29 is 17.9 Å². The number of hydrogen-bond acceptors (Lipinski definition) is 5. The molecule has 2 aromatic rings. The van der Waals surface area contributed by atoms with Crippen LogP contribution in [0.15, 0.2) is 65.6 Å². The Morgan fingerprint density at radius 2 is 1.61 bits per heavy atom. The molecular formula is C16H18N2O4S. The zero-order valence-corrected chi connectivity index (χ0v) is 13.4. The van der Waals surface area contributed by atoms with E-state index in [9.17, 15) is 13.2 Å². The van der Waals surface area contributed by atoms with E-state index < -0.39 is 22.0 Å². The molecule has 6 nitrogen and oxygen atoms in total. The third kappa shape index (κ3) is 4.80. The molecule has 0 unspecified atom stereocenters. The highest BCUT2D eigenvalue weighted by atomic mass is 32.2. The van der Waals surface area contributed by atoms with Crippen molar-refractivity contribution in [3.8, 4) is 0 Å². The number of rotatable bonds is 7. The first-order valence-corrected chi connectivity index (χ1v) is 8.45. The van der Waals surface area contributed by atoms with Gasteiger partial charge in [-0.2, -0.15) is 4.72 Å². The fraction of sp³-hybridized carbons (Fsp3) is 0.188. The van der Waals surface area contributed by atoms with E-state index in [1.165, 1.54) is 19.2 Å². The summed E-state index contributed by atoms with van der Waals surface area (Å²) in [6.45, 7) is 0.0722. The first kappa shape index (κ1) is 17.0. The summed E-state index contributed by atoms with van der Waals surface area (Å²) in [5.74, 6) is -0.659. The number of sulfonamides is 1. The van der Waals surface area contributed by atoms with Crippen molar-refractivity contribution in [2.45, 2.75) is 10.9 Å². The zero-order chi connectivity index (χ0) is 16.7. The van der Waals surface area contributed by atoms with Gasteiger partial charge in [0.2, 0.25) is 10.0 Å². The van der Waals surface area contributed by atoms with E-state index >= 15 is 0 Å². The highest BCUT2D eigenvalue weighted by Gasteiger charge is 2.26. The second kappa shape index (κ2) is 7.75. The van der Waals surface area contributed by atoms with Crippen molar-refractivity contribution in [1.29, 1.82) is 0 Å². The van der Waals surface area contributed by atoms with Crippen LogP contribution < -0.4 is 10.0 Å². The third-order valence-corrected chi connectivity index (χ3v) is 4.61. The number of nitrogens with one attached hydrogen (secondary N) is 2. The first-order chi connectivity index (χ1) is 11.0. The van der Waals surface area contributed by atoms with Gasteiger partial charge < -0.3 is 10.1 Å². The van der Waals surface area contributed by atoms with Crippen molar-refractivity contribution in [2.24, 2.45) is 0 Å². The molecule has 23 heavy (non-hydrogen) atoms. The van der Waals surface area contributed by atoms with Crippen LogP contribution in [0.1, 0.15) is 0 Å². The van der Waals surface area contributed by atoms with Crippen molar-refractivity contribution in [3.63, 3.8) is 0 Å². The van der Waals surface area contributed by atoms with Crippen LogP contribution in [0, 0.1) is 0 Å². The minimum Gasteiger partial charge on any atom is -0.468 e. The lowest BCUT2D eigenvalue weighted by Crippen LogP contribution is -2.45. The van der Waals surface area contributed by atoms with E-state index in [2.05, 4.69) is 14.8 Å². The highest BCUT2D eigenvalue weighted by molar-refractivity contribution is 7.89. The van der Waals surface area contributed by atoms with Crippen LogP contribution in [0.25, 0.3) is 0 Å². The Hall–Kier alpha value is -2.38. The molecule has 0 saturated heterocycles. The number of para-hydroxylation sites is 1. The molecule has 2 rings (SSSR count). The molecule has 0 aliphatic rings. The van der Waals surface area contributed by atoms with Gasteiger partial charge in [-0.3, -0.25) is 4.79 Å². The average molecular weight is 334 g/mol. The Labute approximate surface area is 135 Å². The normalized spacial score (nSPS) is 12.4. The monoisotopic (exact) mass is 334 g/mol. The van der Waals surface area contributed by atoms with Gasteiger partial charge in [0.15, 0.2) is 0 Å². The summed E-state index contributed by atoms with van der Waals surface area (Å²) in [6, 6.07) is 16.0. The topological polar surface area (TPSA) is 84.5 Å². The number of carbonyl (C=O) groups is 1. The molecule has 2 aromatic carbocycles. The lowest BCUT2D eigenvalue weighted by atomic mass is 10.3. The number of esters is 1. The quantitative estimate of drug-likeness (QED) is 0.752. The Morgan fingerprint density at radius 1 is 1.04 bits per heavy atom. The van der Waals surface area contributed by atoms with Gasteiger partial charge >= 0.3 is 5.97 Å². The number of carbonyl (C=O) groups excluding carboxylic acids is 1. The molecule has 2 N–H and O–H groups in total. The predicted molar refractivity (Wildman–Crippen MR) is 87.5 cm³/mol. The number of benzene rings is 2. The third-order valence-electron chi connectivity index (χ3n) is 3.12. The van der Waals surface area contributed by atoms with Crippen molar-refractivity contribution in [3.05, 3.63) is 60.7 Å². The fourth-order valence-electron chi connectivity index (χ4n) is 1.95. The summed E-state index contributed by atoms with van der Waals surface area (Å²) in [5.41, 5.74) is 0.778. The maximum Gasteiger partial charge on any atom is 0.325 e. The Bertz CT molecular complexity index is 733. The van der Waals surface area contributed by atoms with Crippen molar-refractivity contribution in [2.75, 3.05) is 19.0 Å². The van der Waals surface area contributed by atoms with Crippen molar-refractivity contribution >= 4 is 21.7 Å². The van der Waals surface area contributed by atoms with Crippen LogP contribution in [0.5, 0.6) is 0 Å².